The first-order valence-electron chi connectivity index (χ1n) is 26.3. The smallest absolute Gasteiger partial charge is 0.361 e. The highest BCUT2D eigenvalue weighted by molar-refractivity contribution is 5.72. The molecule has 1 N–H and O–H groups in total. The number of unbranched alkanes of at least 4 members (excludes halogenated alkanes) is 10. The van der Waals surface area contributed by atoms with E-state index >= 15 is 0 Å². The summed E-state index contributed by atoms with van der Waals surface area (Å²) in [6.07, 6.45) is 68.4. The molecule has 0 aliphatic carbocycles. The number of rotatable bonds is 46. The van der Waals surface area contributed by atoms with E-state index in [0.717, 1.165) is 89.9 Å². The molecular formula is C60H96NO8+. The molecule has 0 heterocycles. The van der Waals surface area contributed by atoms with Gasteiger partial charge in [0, 0.05) is 6.42 Å². The number of carboxylic acids is 1. The van der Waals surface area contributed by atoms with Crippen molar-refractivity contribution in [3.8, 4) is 0 Å². The topological polar surface area (TPSA) is 108 Å². The van der Waals surface area contributed by atoms with Crippen LogP contribution in [0.15, 0.2) is 134 Å². The van der Waals surface area contributed by atoms with Gasteiger partial charge in [0.1, 0.15) is 13.2 Å². The summed E-state index contributed by atoms with van der Waals surface area (Å²) in [4.78, 5) is 37.2. The minimum Gasteiger partial charge on any atom is -0.477 e. The fourth-order valence-corrected chi connectivity index (χ4v) is 6.44. The number of ether oxygens (including phenoxy) is 4. The first-order valence-corrected chi connectivity index (χ1v) is 26.3. The molecule has 0 aromatic carbocycles. The number of carboxylic acid groups (broad SMARTS) is 1. The van der Waals surface area contributed by atoms with Gasteiger partial charge in [-0.15, -0.1) is 0 Å². The van der Waals surface area contributed by atoms with E-state index in [1.165, 1.54) is 38.5 Å². The van der Waals surface area contributed by atoms with Crippen LogP contribution in [-0.4, -0.2) is 87.4 Å². The molecule has 2 unspecified atom stereocenters. The van der Waals surface area contributed by atoms with Gasteiger partial charge in [-0.1, -0.05) is 199 Å². The highest BCUT2D eigenvalue weighted by Crippen LogP contribution is 2.14. The first-order chi connectivity index (χ1) is 33.6. The molecule has 0 rings (SSSR count). The maximum Gasteiger partial charge on any atom is 0.361 e. The van der Waals surface area contributed by atoms with Crippen LogP contribution in [0.3, 0.4) is 0 Å². The first kappa shape index (κ1) is 64.4. The number of hydrogen-bond donors (Lipinski definition) is 1. The van der Waals surface area contributed by atoms with Gasteiger partial charge in [-0.2, -0.15) is 0 Å². The van der Waals surface area contributed by atoms with E-state index in [9.17, 15) is 19.5 Å². The van der Waals surface area contributed by atoms with Crippen molar-refractivity contribution >= 4 is 17.9 Å². The zero-order valence-electron chi connectivity index (χ0n) is 43.9. The molecule has 0 saturated carbocycles. The van der Waals surface area contributed by atoms with Crippen LogP contribution in [0.25, 0.3) is 0 Å². The van der Waals surface area contributed by atoms with Gasteiger partial charge in [0.05, 0.1) is 40.8 Å². The number of allylic oxidation sites excluding steroid dienone is 21. The van der Waals surface area contributed by atoms with Crippen LogP contribution >= 0.6 is 0 Å². The van der Waals surface area contributed by atoms with E-state index in [1.807, 2.05) is 33.3 Å². The maximum atomic E-state index is 12.8. The Labute approximate surface area is 420 Å². The van der Waals surface area contributed by atoms with Gasteiger partial charge in [-0.05, 0) is 89.9 Å². The van der Waals surface area contributed by atoms with Crippen LogP contribution in [0.2, 0.25) is 0 Å². The van der Waals surface area contributed by atoms with Crippen molar-refractivity contribution in [3.63, 3.8) is 0 Å². The molecule has 9 nitrogen and oxygen atoms in total. The summed E-state index contributed by atoms with van der Waals surface area (Å²) >= 11 is 0. The number of likely N-dealkylation sites (N-methyl/N-ethyl adjacent to an activating group) is 1. The molecule has 0 fully saturated rings. The molecule has 0 bridgehead atoms. The van der Waals surface area contributed by atoms with Crippen molar-refractivity contribution in [2.75, 3.05) is 47.5 Å². The number of carbonyl (C=O) groups is 3. The lowest BCUT2D eigenvalue weighted by Gasteiger charge is -2.25. The third kappa shape index (κ3) is 51.1. The third-order valence-electron chi connectivity index (χ3n) is 10.4. The van der Waals surface area contributed by atoms with Crippen molar-refractivity contribution in [1.82, 2.24) is 0 Å². The Morgan fingerprint density at radius 3 is 1.23 bits per heavy atom. The van der Waals surface area contributed by atoms with Crippen LogP contribution < -0.4 is 0 Å². The van der Waals surface area contributed by atoms with E-state index < -0.39 is 30.3 Å². The molecule has 0 aliphatic heterocycles. The zero-order chi connectivity index (χ0) is 50.6. The second-order valence-corrected chi connectivity index (χ2v) is 18.1. The Kier molecular flexibility index (Phi) is 46.5. The van der Waals surface area contributed by atoms with Crippen molar-refractivity contribution in [3.05, 3.63) is 134 Å². The van der Waals surface area contributed by atoms with E-state index in [4.69, 9.17) is 18.9 Å². The second-order valence-electron chi connectivity index (χ2n) is 18.1. The second kappa shape index (κ2) is 49.8. The average Bonchev–Trinajstić information content (AvgIpc) is 3.31. The lowest BCUT2D eigenvalue weighted by atomic mass is 10.0. The van der Waals surface area contributed by atoms with Gasteiger partial charge < -0.3 is 28.5 Å². The van der Waals surface area contributed by atoms with E-state index in [1.54, 1.807) is 6.08 Å². The Bertz CT molecular complexity index is 1590. The van der Waals surface area contributed by atoms with Gasteiger partial charge in [-0.25, -0.2) is 4.79 Å². The van der Waals surface area contributed by atoms with Crippen LogP contribution in [0.1, 0.15) is 168 Å². The molecule has 2 atom stereocenters. The zero-order valence-corrected chi connectivity index (χ0v) is 43.9. The van der Waals surface area contributed by atoms with Crippen molar-refractivity contribution < 1.29 is 42.9 Å². The van der Waals surface area contributed by atoms with E-state index in [-0.39, 0.29) is 32.7 Å². The minimum absolute atomic E-state index is 0.0615. The predicted molar refractivity (Wildman–Crippen MR) is 290 cm³/mol. The molecule has 0 aromatic rings. The number of carbonyl (C=O) groups excluding carboxylic acids is 2. The third-order valence-corrected chi connectivity index (χ3v) is 10.4. The summed E-state index contributed by atoms with van der Waals surface area (Å²) < 4.78 is 22.7. The van der Waals surface area contributed by atoms with Crippen molar-refractivity contribution in [1.29, 1.82) is 0 Å². The molecule has 0 saturated heterocycles. The average molecular weight is 959 g/mol. The molecule has 0 amide bonds. The summed E-state index contributed by atoms with van der Waals surface area (Å²) in [5.41, 5.74) is 0. The monoisotopic (exact) mass is 959 g/mol. The van der Waals surface area contributed by atoms with Crippen LogP contribution in [0, 0.1) is 0 Å². The molecular weight excluding hydrogens is 863 g/mol. The maximum absolute atomic E-state index is 12.8. The molecule has 388 valence electrons. The summed E-state index contributed by atoms with van der Waals surface area (Å²) in [6.45, 7) is 4.49. The fourth-order valence-electron chi connectivity index (χ4n) is 6.44. The molecule has 0 spiro atoms. The van der Waals surface area contributed by atoms with Gasteiger partial charge in [0.15, 0.2) is 6.10 Å². The summed E-state index contributed by atoms with van der Waals surface area (Å²) in [5.74, 6) is -2.19. The number of aliphatic carboxylic acids is 1. The summed E-state index contributed by atoms with van der Waals surface area (Å²) in [7, 11) is 5.92. The molecule has 9 heteroatoms. The Hall–Kier alpha value is -4.57. The minimum atomic E-state index is -1.54. The number of quaternary nitrogens is 1. The SMILES string of the molecule is CC/C=C\C/C=C\C/C=C\C/C=C\C/C=C\C/C=C\CCCCCCCCCCCCC(=O)OC(COC(=O)C/C=C\C/C=C\C/C=C\C/C=C\C/C=C\CC)COC(OCC[N+](C)(C)C)C(=O)O. The lowest BCUT2D eigenvalue weighted by molar-refractivity contribution is -0.870. The van der Waals surface area contributed by atoms with Gasteiger partial charge >= 0.3 is 17.9 Å². The largest absolute Gasteiger partial charge is 0.477 e. The van der Waals surface area contributed by atoms with E-state index in [2.05, 4.69) is 129 Å². The standard InChI is InChI=1S/C60H95NO8/c1-6-8-10-12-14-16-18-20-22-23-24-25-26-27-28-29-30-31-32-33-34-35-37-39-41-43-45-47-49-51-58(63)69-56(55-68-60(59(64)65)66-53-52-61(3,4)5)54-67-57(62)50-48-46-44-42-40-38-36-21-19-17-15-13-11-9-7-2/h8-11,14-17,20-22,24-25,27-28,30-31,36,40,42,46,48,56,60H,6-7,12-13,18-19,23,26,29,32-35,37-39,41,43-45,47,49-55H2,1-5H3/p+1/b10-8-,11-9-,16-14-,17-15-,22-20-,25-24-,28-27-,31-30-,36-21-,42-40-,48-46-. The fraction of sp³-hybridized carbons (Fsp3) is 0.583. The lowest BCUT2D eigenvalue weighted by Crippen LogP contribution is -2.40. The Balaban J connectivity index is 4.37. The summed E-state index contributed by atoms with van der Waals surface area (Å²) in [6, 6.07) is 0. The quantitative estimate of drug-likeness (QED) is 0.0211. The molecule has 0 radical (unpaired) electrons. The number of esters is 2. The van der Waals surface area contributed by atoms with Crippen LogP contribution in [0.4, 0.5) is 0 Å². The van der Waals surface area contributed by atoms with Crippen LogP contribution in [0.5, 0.6) is 0 Å². The van der Waals surface area contributed by atoms with Gasteiger partial charge in [0.25, 0.3) is 6.29 Å². The highest BCUT2D eigenvalue weighted by atomic mass is 16.7. The van der Waals surface area contributed by atoms with Crippen molar-refractivity contribution in [2.45, 2.75) is 180 Å². The molecule has 69 heavy (non-hydrogen) atoms. The van der Waals surface area contributed by atoms with Gasteiger partial charge in [-0.3, -0.25) is 9.59 Å². The Morgan fingerprint density at radius 2 is 0.826 bits per heavy atom. The van der Waals surface area contributed by atoms with Gasteiger partial charge in [0.2, 0.25) is 0 Å². The predicted octanol–water partition coefficient (Wildman–Crippen LogP) is 15.1. The summed E-state index contributed by atoms with van der Waals surface area (Å²) in [5, 5.41) is 9.67. The number of nitrogens with zero attached hydrogens (tertiary/aromatic N) is 1. The number of hydrogen-bond acceptors (Lipinski definition) is 7. The normalized spacial score (nSPS) is 13.9. The highest BCUT2D eigenvalue weighted by Gasteiger charge is 2.25. The van der Waals surface area contributed by atoms with E-state index in [0.29, 0.717) is 23.9 Å². The Morgan fingerprint density at radius 1 is 0.449 bits per heavy atom. The van der Waals surface area contributed by atoms with Crippen molar-refractivity contribution in [2.24, 2.45) is 0 Å². The molecule has 0 aliphatic rings. The molecule has 0 aromatic heterocycles. The van der Waals surface area contributed by atoms with Crippen LogP contribution in [-0.2, 0) is 33.3 Å².